The van der Waals surface area contributed by atoms with E-state index in [1.165, 1.54) is 12.1 Å². The number of pyridine rings is 1. The lowest BCUT2D eigenvalue weighted by Crippen LogP contribution is -2.10. The minimum Gasteiger partial charge on any atom is -0.377 e. The van der Waals surface area contributed by atoms with E-state index in [2.05, 4.69) is 33.2 Å². The number of nitrogens with one attached hydrogen (secondary N) is 1. The molecule has 1 N–H and O–H groups in total. The van der Waals surface area contributed by atoms with Gasteiger partial charge in [-0.25, -0.2) is 9.37 Å². The number of benzene rings is 1. The summed E-state index contributed by atoms with van der Waals surface area (Å²) in [4.78, 5) is 4.27. The summed E-state index contributed by atoms with van der Waals surface area (Å²) in [6.45, 7) is 4.10. The van der Waals surface area contributed by atoms with Gasteiger partial charge >= 0.3 is 0 Å². The predicted octanol–water partition coefficient (Wildman–Crippen LogP) is 4.85. The highest BCUT2D eigenvalue weighted by molar-refractivity contribution is 9.10. The van der Waals surface area contributed by atoms with E-state index >= 15 is 0 Å². The lowest BCUT2D eigenvalue weighted by Gasteiger charge is -2.19. The maximum Gasteiger partial charge on any atom is 0.123 e. The van der Waals surface area contributed by atoms with Crippen LogP contribution in [0.2, 0.25) is 0 Å². The molecule has 2 aromatic rings. The molecule has 0 aliphatic carbocycles. The van der Waals surface area contributed by atoms with Crippen molar-refractivity contribution in [3.63, 3.8) is 0 Å². The van der Waals surface area contributed by atoms with Crippen LogP contribution in [0.3, 0.4) is 0 Å². The van der Waals surface area contributed by atoms with Gasteiger partial charge in [0.05, 0.1) is 17.9 Å². The molecule has 0 fully saturated rings. The fourth-order valence-electron chi connectivity index (χ4n) is 1.95. The summed E-state index contributed by atoms with van der Waals surface area (Å²) in [6.07, 6.45) is 2.71. The van der Waals surface area contributed by atoms with Gasteiger partial charge in [0.25, 0.3) is 0 Å². The van der Waals surface area contributed by atoms with E-state index in [9.17, 15) is 4.39 Å². The van der Waals surface area contributed by atoms with Crippen LogP contribution in [-0.2, 0) is 0 Å². The first kappa shape index (κ1) is 14.0. The van der Waals surface area contributed by atoms with Crippen LogP contribution >= 0.6 is 15.9 Å². The summed E-state index contributed by atoms with van der Waals surface area (Å²) in [7, 11) is 0. The molecule has 100 valence electrons. The standard InChI is InChI=1S/C15H16BrFN2/c1-3-14(11-4-6-12(17)7-5-11)19-13-8-10(2)15(16)18-9-13/h4-9,14,19H,3H2,1-2H3. The number of rotatable bonds is 4. The molecule has 2 nitrogen and oxygen atoms in total. The molecule has 0 saturated heterocycles. The average Bonchev–Trinajstić information content (AvgIpc) is 2.41. The normalized spacial score (nSPS) is 12.2. The molecule has 1 heterocycles. The zero-order chi connectivity index (χ0) is 13.8. The molecule has 0 saturated carbocycles. The van der Waals surface area contributed by atoms with Gasteiger partial charge in [0, 0.05) is 0 Å². The van der Waals surface area contributed by atoms with Crippen molar-refractivity contribution in [3.8, 4) is 0 Å². The molecule has 0 radical (unpaired) electrons. The Morgan fingerprint density at radius 1 is 1.32 bits per heavy atom. The van der Waals surface area contributed by atoms with Crippen molar-refractivity contribution in [2.24, 2.45) is 0 Å². The molecule has 19 heavy (non-hydrogen) atoms. The first-order valence-electron chi connectivity index (χ1n) is 6.24. The van der Waals surface area contributed by atoms with E-state index in [-0.39, 0.29) is 11.9 Å². The Bertz CT molecular complexity index is 555. The molecule has 0 aliphatic heterocycles. The molecule has 1 unspecified atom stereocenters. The molecule has 2 rings (SSSR count). The minimum absolute atomic E-state index is 0.156. The Balaban J connectivity index is 2.18. The van der Waals surface area contributed by atoms with Crippen LogP contribution in [0.4, 0.5) is 10.1 Å². The Morgan fingerprint density at radius 2 is 2.00 bits per heavy atom. The zero-order valence-corrected chi connectivity index (χ0v) is 12.5. The maximum atomic E-state index is 12.9. The molecule has 0 aliphatic rings. The summed E-state index contributed by atoms with van der Waals surface area (Å²) in [5, 5.41) is 3.43. The van der Waals surface area contributed by atoms with Gasteiger partial charge in [-0.1, -0.05) is 19.1 Å². The number of halogens is 2. The molecule has 1 atom stereocenters. The molecule has 1 aromatic carbocycles. The highest BCUT2D eigenvalue weighted by Crippen LogP contribution is 2.24. The van der Waals surface area contributed by atoms with Crippen LogP contribution in [0, 0.1) is 12.7 Å². The Hall–Kier alpha value is -1.42. The summed E-state index contributed by atoms with van der Waals surface area (Å²) in [5.41, 5.74) is 3.13. The first-order chi connectivity index (χ1) is 9.10. The second kappa shape index (κ2) is 6.15. The smallest absolute Gasteiger partial charge is 0.123 e. The number of nitrogens with zero attached hydrogens (tertiary/aromatic N) is 1. The monoisotopic (exact) mass is 322 g/mol. The van der Waals surface area contributed by atoms with E-state index in [0.717, 1.165) is 27.8 Å². The lowest BCUT2D eigenvalue weighted by atomic mass is 10.0. The zero-order valence-electron chi connectivity index (χ0n) is 11.0. The summed E-state index contributed by atoms with van der Waals surface area (Å²) >= 11 is 3.38. The van der Waals surface area contributed by atoms with Gasteiger partial charge < -0.3 is 5.32 Å². The van der Waals surface area contributed by atoms with E-state index in [4.69, 9.17) is 0 Å². The van der Waals surface area contributed by atoms with E-state index in [1.807, 2.05) is 25.1 Å². The van der Waals surface area contributed by atoms with Crippen molar-refractivity contribution in [1.82, 2.24) is 4.98 Å². The van der Waals surface area contributed by atoms with E-state index in [1.54, 1.807) is 6.20 Å². The predicted molar refractivity (Wildman–Crippen MR) is 79.7 cm³/mol. The third kappa shape index (κ3) is 3.53. The van der Waals surface area contributed by atoms with Crippen molar-refractivity contribution in [1.29, 1.82) is 0 Å². The molecule has 0 spiro atoms. The van der Waals surface area contributed by atoms with Gasteiger partial charge in [-0.3, -0.25) is 0 Å². The van der Waals surface area contributed by atoms with Gasteiger partial charge in [0.2, 0.25) is 0 Å². The molecule has 1 aromatic heterocycles. The van der Waals surface area contributed by atoms with Crippen LogP contribution in [0.25, 0.3) is 0 Å². The molecule has 4 heteroatoms. The van der Waals surface area contributed by atoms with Crippen LogP contribution in [-0.4, -0.2) is 4.98 Å². The van der Waals surface area contributed by atoms with Crippen LogP contribution in [0.1, 0.15) is 30.5 Å². The molecular formula is C15H16BrFN2. The van der Waals surface area contributed by atoms with Crippen molar-refractivity contribution >= 4 is 21.6 Å². The van der Waals surface area contributed by atoms with Crippen molar-refractivity contribution in [3.05, 3.63) is 58.1 Å². The number of aromatic nitrogens is 1. The van der Waals surface area contributed by atoms with Crippen LogP contribution in [0.15, 0.2) is 41.1 Å². The van der Waals surface area contributed by atoms with Gasteiger partial charge in [-0.15, -0.1) is 0 Å². The third-order valence-corrected chi connectivity index (χ3v) is 3.87. The quantitative estimate of drug-likeness (QED) is 0.813. The number of hydrogen-bond donors (Lipinski definition) is 1. The van der Waals surface area contributed by atoms with E-state index < -0.39 is 0 Å². The number of anilines is 1. The number of aryl methyl sites for hydroxylation is 1. The van der Waals surface area contributed by atoms with Gasteiger partial charge in [-0.2, -0.15) is 0 Å². The Labute approximate surface area is 121 Å². The minimum atomic E-state index is -0.209. The van der Waals surface area contributed by atoms with Crippen molar-refractivity contribution < 1.29 is 4.39 Å². The second-order valence-electron chi connectivity index (χ2n) is 4.49. The SMILES string of the molecule is CCC(Nc1cnc(Br)c(C)c1)c1ccc(F)cc1. The highest BCUT2D eigenvalue weighted by atomic mass is 79.9. The molecule has 0 bridgehead atoms. The summed E-state index contributed by atoms with van der Waals surface area (Å²) in [6, 6.07) is 8.81. The Kier molecular flexibility index (Phi) is 4.53. The fourth-order valence-corrected chi connectivity index (χ4v) is 2.17. The van der Waals surface area contributed by atoms with E-state index in [0.29, 0.717) is 0 Å². The van der Waals surface area contributed by atoms with Crippen molar-refractivity contribution in [2.75, 3.05) is 5.32 Å². The lowest BCUT2D eigenvalue weighted by molar-refractivity contribution is 0.625. The highest BCUT2D eigenvalue weighted by Gasteiger charge is 2.10. The fraction of sp³-hybridized carbons (Fsp3) is 0.267. The van der Waals surface area contributed by atoms with Gasteiger partial charge in [0.1, 0.15) is 10.4 Å². The topological polar surface area (TPSA) is 24.9 Å². The largest absolute Gasteiger partial charge is 0.377 e. The van der Waals surface area contributed by atoms with Crippen molar-refractivity contribution in [2.45, 2.75) is 26.3 Å². The number of hydrogen-bond acceptors (Lipinski definition) is 2. The van der Waals surface area contributed by atoms with Gasteiger partial charge in [0.15, 0.2) is 0 Å². The third-order valence-electron chi connectivity index (χ3n) is 3.04. The average molecular weight is 323 g/mol. The van der Waals surface area contributed by atoms with Gasteiger partial charge in [-0.05, 0) is 58.6 Å². The Morgan fingerprint density at radius 3 is 2.58 bits per heavy atom. The second-order valence-corrected chi connectivity index (χ2v) is 5.24. The summed E-state index contributed by atoms with van der Waals surface area (Å²) < 4.78 is 13.8. The van der Waals surface area contributed by atoms with Crippen LogP contribution < -0.4 is 5.32 Å². The summed E-state index contributed by atoms with van der Waals surface area (Å²) in [5.74, 6) is -0.209. The first-order valence-corrected chi connectivity index (χ1v) is 7.03. The maximum absolute atomic E-state index is 12.9. The molecular weight excluding hydrogens is 307 g/mol. The molecule has 0 amide bonds. The van der Waals surface area contributed by atoms with Crippen LogP contribution in [0.5, 0.6) is 0 Å².